The van der Waals surface area contributed by atoms with E-state index in [4.69, 9.17) is 10.7 Å². The van der Waals surface area contributed by atoms with E-state index in [1.807, 2.05) is 55.6 Å². The van der Waals surface area contributed by atoms with E-state index < -0.39 is 0 Å². The Morgan fingerprint density at radius 1 is 0.854 bits per heavy atom. The molecule has 1 aliphatic heterocycles. The first-order valence-corrected chi connectivity index (χ1v) is 13.7. The SMILES string of the molecule is C=CC(=N/C(=C\C)c1cccnc1)n1c2ccccc2c2cc3c(cc21)-c1ccccc1N(c1ccccc1N)C3. The van der Waals surface area contributed by atoms with Crippen LogP contribution in [0.5, 0.6) is 0 Å². The Labute approximate surface area is 239 Å². The number of allylic oxidation sites excluding steroid dienone is 2. The summed E-state index contributed by atoms with van der Waals surface area (Å²) in [4.78, 5) is 11.7. The van der Waals surface area contributed by atoms with Gasteiger partial charge >= 0.3 is 0 Å². The Morgan fingerprint density at radius 3 is 2.41 bits per heavy atom. The molecular weight excluding hydrogens is 502 g/mol. The lowest BCUT2D eigenvalue weighted by Gasteiger charge is -2.33. The molecule has 0 amide bonds. The zero-order valence-electron chi connectivity index (χ0n) is 22.8. The molecule has 5 nitrogen and oxygen atoms in total. The number of nitrogens with two attached hydrogens (primary N) is 1. The summed E-state index contributed by atoms with van der Waals surface area (Å²) in [5, 5.41) is 2.35. The lowest BCUT2D eigenvalue weighted by molar-refractivity contribution is 0.965. The maximum atomic E-state index is 6.46. The van der Waals surface area contributed by atoms with E-state index in [0.717, 1.165) is 51.7 Å². The fraction of sp³-hybridized carbons (Fsp3) is 0.0556. The number of fused-ring (bicyclic) bond motifs is 6. The molecule has 4 aromatic carbocycles. The second kappa shape index (κ2) is 9.96. The minimum atomic E-state index is 0.724. The number of hydrogen-bond acceptors (Lipinski definition) is 4. The van der Waals surface area contributed by atoms with Crippen molar-refractivity contribution in [3.05, 3.63) is 139 Å². The van der Waals surface area contributed by atoms with Crippen LogP contribution in [-0.4, -0.2) is 15.4 Å². The zero-order chi connectivity index (χ0) is 27.9. The summed E-state index contributed by atoms with van der Waals surface area (Å²) in [7, 11) is 0. The highest BCUT2D eigenvalue weighted by atomic mass is 15.2. The number of nitrogen functional groups attached to an aromatic ring is 1. The third-order valence-corrected chi connectivity index (χ3v) is 7.82. The number of benzene rings is 4. The summed E-state index contributed by atoms with van der Waals surface area (Å²) < 4.78 is 2.22. The van der Waals surface area contributed by atoms with Crippen LogP contribution in [0.25, 0.3) is 38.6 Å². The minimum Gasteiger partial charge on any atom is -0.397 e. The molecule has 0 saturated carbocycles. The highest BCUT2D eigenvalue weighted by Gasteiger charge is 2.26. The Bertz CT molecular complexity index is 2010. The Balaban J connectivity index is 1.48. The standard InChI is InChI=1S/C36H29N5/c1-3-31(24-12-11-19-38-22-24)39-36(4-2)41-33-17-9-6-14-27(33)29-20-25-23-40(34-18-10-7-15-30(34)37)32-16-8-5-13-26(32)28(25)21-35(29)41/h3-22H,2,23,37H2,1H3/b31-3-,39-36?. The number of nitrogens with zero attached hydrogens (tertiary/aromatic N) is 4. The van der Waals surface area contributed by atoms with Crippen LogP contribution in [0, 0.1) is 0 Å². The molecule has 3 heterocycles. The maximum absolute atomic E-state index is 6.46. The second-order valence-electron chi connectivity index (χ2n) is 10.1. The van der Waals surface area contributed by atoms with Crippen molar-refractivity contribution in [2.24, 2.45) is 4.99 Å². The maximum Gasteiger partial charge on any atom is 0.137 e. The van der Waals surface area contributed by atoms with Crippen LogP contribution in [0.3, 0.4) is 0 Å². The van der Waals surface area contributed by atoms with E-state index in [1.54, 1.807) is 6.20 Å². The molecule has 1 aliphatic rings. The van der Waals surface area contributed by atoms with Crippen LogP contribution < -0.4 is 10.6 Å². The van der Waals surface area contributed by atoms with Crippen LogP contribution >= 0.6 is 0 Å². The van der Waals surface area contributed by atoms with Crippen LogP contribution in [-0.2, 0) is 6.54 Å². The van der Waals surface area contributed by atoms with Crippen molar-refractivity contribution >= 4 is 50.4 Å². The molecule has 0 bridgehead atoms. The van der Waals surface area contributed by atoms with Gasteiger partial charge in [-0.15, -0.1) is 0 Å². The molecule has 0 aliphatic carbocycles. The van der Waals surface area contributed by atoms with Gasteiger partial charge in [-0.2, -0.15) is 0 Å². The van der Waals surface area contributed by atoms with Crippen molar-refractivity contribution in [2.45, 2.75) is 13.5 Å². The van der Waals surface area contributed by atoms with E-state index in [-0.39, 0.29) is 0 Å². The van der Waals surface area contributed by atoms with Gasteiger partial charge in [0.2, 0.25) is 0 Å². The molecule has 41 heavy (non-hydrogen) atoms. The molecule has 5 heteroatoms. The third-order valence-electron chi connectivity index (χ3n) is 7.82. The summed E-state index contributed by atoms with van der Waals surface area (Å²) in [6.45, 7) is 6.90. The van der Waals surface area contributed by atoms with E-state index in [9.17, 15) is 0 Å². The molecule has 7 rings (SSSR count). The highest BCUT2D eigenvalue weighted by Crippen LogP contribution is 2.46. The van der Waals surface area contributed by atoms with Gasteiger partial charge < -0.3 is 10.6 Å². The Hall–Kier alpha value is -5.42. The third kappa shape index (κ3) is 4.02. The van der Waals surface area contributed by atoms with Crippen LogP contribution in [0.1, 0.15) is 18.1 Å². The number of aliphatic imine (C=N–C) groups is 1. The predicted molar refractivity (Wildman–Crippen MR) is 172 cm³/mol. The van der Waals surface area contributed by atoms with E-state index in [2.05, 4.69) is 87.8 Å². The topological polar surface area (TPSA) is 59.4 Å². The number of hydrogen-bond donors (Lipinski definition) is 1. The molecule has 0 radical (unpaired) electrons. The molecule has 0 fully saturated rings. The first kappa shape index (κ1) is 24.6. The minimum absolute atomic E-state index is 0.724. The second-order valence-corrected chi connectivity index (χ2v) is 10.1. The number of pyridine rings is 1. The van der Waals surface area contributed by atoms with Crippen LogP contribution in [0.2, 0.25) is 0 Å². The fourth-order valence-electron chi connectivity index (χ4n) is 5.95. The monoisotopic (exact) mass is 531 g/mol. The highest BCUT2D eigenvalue weighted by molar-refractivity contribution is 6.18. The van der Waals surface area contributed by atoms with Gasteiger partial charge in [0.1, 0.15) is 5.84 Å². The van der Waals surface area contributed by atoms with E-state index in [1.165, 1.54) is 27.5 Å². The Morgan fingerprint density at radius 2 is 1.63 bits per heavy atom. The largest absolute Gasteiger partial charge is 0.397 e. The molecule has 198 valence electrons. The molecule has 6 aromatic rings. The molecule has 0 saturated heterocycles. The zero-order valence-corrected chi connectivity index (χ0v) is 22.8. The van der Waals surface area contributed by atoms with Gasteiger partial charge in [-0.05, 0) is 72.7 Å². The van der Waals surface area contributed by atoms with Crippen molar-refractivity contribution in [1.82, 2.24) is 9.55 Å². The average Bonchev–Trinajstić information content (AvgIpc) is 3.34. The lowest BCUT2D eigenvalue weighted by atomic mass is 9.91. The van der Waals surface area contributed by atoms with Gasteiger partial charge in [-0.1, -0.05) is 61.2 Å². The predicted octanol–water partition coefficient (Wildman–Crippen LogP) is 8.58. The molecule has 0 atom stereocenters. The molecule has 0 spiro atoms. The number of anilines is 3. The van der Waals surface area contributed by atoms with Crippen molar-refractivity contribution in [2.75, 3.05) is 10.6 Å². The first-order valence-electron chi connectivity index (χ1n) is 13.7. The van der Waals surface area contributed by atoms with Gasteiger partial charge in [-0.25, -0.2) is 4.99 Å². The molecule has 2 N–H and O–H groups in total. The molecular formula is C36H29N5. The van der Waals surface area contributed by atoms with Crippen molar-refractivity contribution < 1.29 is 0 Å². The summed E-state index contributed by atoms with van der Waals surface area (Å²) in [6.07, 6.45) is 7.45. The fourth-order valence-corrected chi connectivity index (χ4v) is 5.95. The van der Waals surface area contributed by atoms with E-state index in [0.29, 0.717) is 0 Å². The van der Waals surface area contributed by atoms with Crippen molar-refractivity contribution in [1.29, 1.82) is 0 Å². The van der Waals surface area contributed by atoms with Crippen LogP contribution in [0.4, 0.5) is 17.1 Å². The quantitative estimate of drug-likeness (QED) is 0.141. The van der Waals surface area contributed by atoms with Crippen molar-refractivity contribution in [3.8, 4) is 11.1 Å². The first-order chi connectivity index (χ1) is 20.2. The molecule has 2 aromatic heterocycles. The van der Waals surface area contributed by atoms with Gasteiger partial charge in [-0.3, -0.25) is 9.55 Å². The van der Waals surface area contributed by atoms with Gasteiger partial charge in [0.25, 0.3) is 0 Å². The summed E-state index contributed by atoms with van der Waals surface area (Å²) in [5.41, 5.74) is 17.0. The summed E-state index contributed by atoms with van der Waals surface area (Å²) in [5.74, 6) is 0.760. The van der Waals surface area contributed by atoms with Crippen molar-refractivity contribution in [3.63, 3.8) is 0 Å². The Kier molecular flexibility index (Phi) is 5.98. The van der Waals surface area contributed by atoms with E-state index >= 15 is 0 Å². The molecule has 0 unspecified atom stereocenters. The van der Waals surface area contributed by atoms with Crippen LogP contribution in [0.15, 0.2) is 133 Å². The smallest absolute Gasteiger partial charge is 0.137 e. The number of aromatic nitrogens is 2. The van der Waals surface area contributed by atoms with Gasteiger partial charge in [0, 0.05) is 46.5 Å². The normalized spacial score (nSPS) is 13.3. The van der Waals surface area contributed by atoms with Gasteiger partial charge in [0.05, 0.1) is 28.1 Å². The summed E-state index contributed by atoms with van der Waals surface area (Å²) in [6, 6.07) is 33.7. The lowest BCUT2D eigenvalue weighted by Crippen LogP contribution is -2.22. The number of para-hydroxylation sites is 4. The summed E-state index contributed by atoms with van der Waals surface area (Å²) >= 11 is 0. The number of rotatable bonds is 4. The average molecular weight is 532 g/mol. The van der Waals surface area contributed by atoms with Gasteiger partial charge in [0.15, 0.2) is 0 Å².